The zero-order valence-electron chi connectivity index (χ0n) is 12.9. The first-order valence-corrected chi connectivity index (χ1v) is 7.66. The number of rotatable bonds is 6. The summed E-state index contributed by atoms with van der Waals surface area (Å²) < 4.78 is 7.96. The van der Waals surface area contributed by atoms with Crippen LogP contribution in [0.1, 0.15) is 25.8 Å². The van der Waals surface area contributed by atoms with Crippen molar-refractivity contribution in [3.63, 3.8) is 0 Å². The van der Waals surface area contributed by atoms with Gasteiger partial charge in [-0.15, -0.1) is 0 Å². The number of carbonyl (C=O) groups excluding carboxylic acids is 2. The van der Waals surface area contributed by atoms with Crippen LogP contribution in [0.4, 0.5) is 4.79 Å². The monoisotopic (exact) mass is 310 g/mol. The van der Waals surface area contributed by atoms with Gasteiger partial charge in [-0.3, -0.25) is 9.52 Å². The van der Waals surface area contributed by atoms with Crippen molar-refractivity contribution in [3.05, 3.63) is 29.8 Å². The SMILES string of the molecule is CCC(C)OC(=O)Cc1cccc(SNC(=O)N(C)C)c1. The summed E-state index contributed by atoms with van der Waals surface area (Å²) in [6.07, 6.45) is 0.980. The molecule has 1 rings (SSSR count). The predicted molar refractivity (Wildman–Crippen MR) is 84.1 cm³/mol. The summed E-state index contributed by atoms with van der Waals surface area (Å²) in [7, 11) is 3.36. The van der Waals surface area contributed by atoms with Crippen LogP contribution in [0.15, 0.2) is 29.2 Å². The highest BCUT2D eigenvalue weighted by molar-refractivity contribution is 7.98. The van der Waals surface area contributed by atoms with Crippen molar-refractivity contribution in [2.45, 2.75) is 37.7 Å². The first-order valence-electron chi connectivity index (χ1n) is 6.85. The lowest BCUT2D eigenvalue weighted by Gasteiger charge is -2.12. The van der Waals surface area contributed by atoms with Crippen LogP contribution < -0.4 is 4.72 Å². The molecular weight excluding hydrogens is 288 g/mol. The number of ether oxygens (including phenoxy) is 1. The van der Waals surface area contributed by atoms with Gasteiger partial charge >= 0.3 is 12.0 Å². The Balaban J connectivity index is 2.56. The predicted octanol–water partition coefficient (Wildman–Crippen LogP) is 2.85. The van der Waals surface area contributed by atoms with Gasteiger partial charge in [0.05, 0.1) is 12.5 Å². The molecule has 1 aromatic carbocycles. The Labute approximate surface area is 130 Å². The number of hydrogen-bond acceptors (Lipinski definition) is 4. The second kappa shape index (κ2) is 8.56. The van der Waals surface area contributed by atoms with Crippen LogP contribution in [0.2, 0.25) is 0 Å². The van der Waals surface area contributed by atoms with Gasteiger partial charge in [-0.25, -0.2) is 4.79 Å². The Morgan fingerprint density at radius 2 is 2.10 bits per heavy atom. The molecule has 5 nitrogen and oxygen atoms in total. The largest absolute Gasteiger partial charge is 0.462 e. The zero-order valence-corrected chi connectivity index (χ0v) is 13.7. The van der Waals surface area contributed by atoms with E-state index in [1.165, 1.54) is 16.8 Å². The maximum absolute atomic E-state index is 11.7. The average molecular weight is 310 g/mol. The smallest absolute Gasteiger partial charge is 0.327 e. The molecule has 1 aromatic rings. The van der Waals surface area contributed by atoms with Crippen molar-refractivity contribution >= 4 is 23.9 Å². The van der Waals surface area contributed by atoms with E-state index in [4.69, 9.17) is 4.74 Å². The molecule has 1 unspecified atom stereocenters. The number of benzene rings is 1. The van der Waals surface area contributed by atoms with Crippen LogP contribution in [0.3, 0.4) is 0 Å². The molecule has 116 valence electrons. The molecule has 0 saturated carbocycles. The van der Waals surface area contributed by atoms with Crippen LogP contribution in [0.25, 0.3) is 0 Å². The molecule has 1 atom stereocenters. The Morgan fingerprint density at radius 1 is 1.38 bits per heavy atom. The van der Waals surface area contributed by atoms with Gasteiger partial charge in [0.25, 0.3) is 0 Å². The lowest BCUT2D eigenvalue weighted by atomic mass is 10.1. The van der Waals surface area contributed by atoms with Crippen molar-refractivity contribution < 1.29 is 14.3 Å². The minimum atomic E-state index is -0.233. The molecule has 0 fully saturated rings. The molecular formula is C15H22N2O3S. The third-order valence-corrected chi connectivity index (χ3v) is 3.58. The van der Waals surface area contributed by atoms with E-state index in [-0.39, 0.29) is 24.5 Å². The molecule has 21 heavy (non-hydrogen) atoms. The zero-order chi connectivity index (χ0) is 15.8. The van der Waals surface area contributed by atoms with Crippen LogP contribution >= 0.6 is 11.9 Å². The maximum Gasteiger partial charge on any atom is 0.327 e. The minimum Gasteiger partial charge on any atom is -0.462 e. The molecule has 6 heteroatoms. The summed E-state index contributed by atoms with van der Waals surface area (Å²) in [4.78, 5) is 25.5. The number of amides is 2. The molecule has 0 radical (unpaired) electrons. The molecule has 1 N–H and O–H groups in total. The van der Waals surface area contributed by atoms with Gasteiger partial charge in [0, 0.05) is 19.0 Å². The molecule has 0 aliphatic carbocycles. The topological polar surface area (TPSA) is 58.6 Å². The highest BCUT2D eigenvalue weighted by Crippen LogP contribution is 2.17. The van der Waals surface area contributed by atoms with E-state index in [1.807, 2.05) is 38.1 Å². The second-order valence-electron chi connectivity index (χ2n) is 4.94. The van der Waals surface area contributed by atoms with Gasteiger partial charge in [-0.05, 0) is 43.0 Å². The minimum absolute atomic E-state index is 0.0607. The van der Waals surface area contributed by atoms with Crippen LogP contribution in [0, 0.1) is 0 Å². The lowest BCUT2D eigenvalue weighted by molar-refractivity contribution is -0.147. The lowest BCUT2D eigenvalue weighted by Crippen LogP contribution is -2.29. The van der Waals surface area contributed by atoms with Crippen molar-refractivity contribution in [2.24, 2.45) is 0 Å². The number of hydrogen-bond donors (Lipinski definition) is 1. The summed E-state index contributed by atoms with van der Waals surface area (Å²) in [5.74, 6) is -0.233. The molecule has 0 aliphatic heterocycles. The van der Waals surface area contributed by atoms with Crippen molar-refractivity contribution in [1.29, 1.82) is 0 Å². The van der Waals surface area contributed by atoms with Gasteiger partial charge in [0.1, 0.15) is 0 Å². The number of carbonyl (C=O) groups is 2. The third kappa shape index (κ3) is 6.53. The van der Waals surface area contributed by atoms with Crippen molar-refractivity contribution in [3.8, 4) is 0 Å². The van der Waals surface area contributed by atoms with Crippen LogP contribution in [0.5, 0.6) is 0 Å². The quantitative estimate of drug-likeness (QED) is 0.648. The summed E-state index contributed by atoms with van der Waals surface area (Å²) in [6, 6.07) is 7.30. The van der Waals surface area contributed by atoms with E-state index in [2.05, 4.69) is 4.72 Å². The molecule has 0 spiro atoms. The fourth-order valence-corrected chi connectivity index (χ4v) is 2.17. The normalized spacial score (nSPS) is 11.6. The summed E-state index contributed by atoms with van der Waals surface area (Å²) >= 11 is 1.22. The number of esters is 1. The standard InChI is InChI=1S/C15H22N2O3S/c1-5-11(2)20-14(18)10-12-7-6-8-13(9-12)21-16-15(19)17(3)4/h6-9,11H,5,10H2,1-4H3,(H,16,19). The van der Waals surface area contributed by atoms with Crippen molar-refractivity contribution in [2.75, 3.05) is 14.1 Å². The summed E-state index contributed by atoms with van der Waals surface area (Å²) in [6.45, 7) is 3.85. The van der Waals surface area contributed by atoms with E-state index >= 15 is 0 Å². The number of urea groups is 1. The Bertz CT molecular complexity index is 492. The fourth-order valence-electron chi connectivity index (χ4n) is 1.43. The van der Waals surface area contributed by atoms with Gasteiger partial charge < -0.3 is 9.64 Å². The number of nitrogens with zero attached hydrogens (tertiary/aromatic N) is 1. The van der Waals surface area contributed by atoms with E-state index in [1.54, 1.807) is 14.1 Å². The van der Waals surface area contributed by atoms with Gasteiger partial charge in [0.15, 0.2) is 0 Å². The van der Waals surface area contributed by atoms with Gasteiger partial charge in [0.2, 0.25) is 0 Å². The van der Waals surface area contributed by atoms with E-state index in [0.717, 1.165) is 16.9 Å². The average Bonchev–Trinajstić information content (AvgIpc) is 2.44. The summed E-state index contributed by atoms with van der Waals surface area (Å²) in [5.41, 5.74) is 0.868. The first-order chi connectivity index (χ1) is 9.92. The molecule has 0 heterocycles. The molecule has 0 saturated heterocycles. The Kier molecular flexibility index (Phi) is 7.08. The molecule has 0 bridgehead atoms. The first kappa shape index (κ1) is 17.4. The van der Waals surface area contributed by atoms with Gasteiger partial charge in [-0.2, -0.15) is 0 Å². The molecule has 0 aromatic heterocycles. The Hall–Kier alpha value is -1.69. The van der Waals surface area contributed by atoms with Gasteiger partial charge in [-0.1, -0.05) is 19.1 Å². The van der Waals surface area contributed by atoms with Crippen molar-refractivity contribution in [1.82, 2.24) is 9.62 Å². The second-order valence-corrected chi connectivity index (χ2v) is 5.82. The Morgan fingerprint density at radius 3 is 2.71 bits per heavy atom. The molecule has 0 aliphatic rings. The highest BCUT2D eigenvalue weighted by atomic mass is 32.2. The molecule has 2 amide bonds. The van der Waals surface area contributed by atoms with E-state index in [9.17, 15) is 9.59 Å². The van der Waals surface area contributed by atoms with Crippen LogP contribution in [-0.4, -0.2) is 37.1 Å². The third-order valence-electron chi connectivity index (χ3n) is 2.82. The van der Waals surface area contributed by atoms with Crippen LogP contribution in [-0.2, 0) is 16.0 Å². The van der Waals surface area contributed by atoms with E-state index in [0.29, 0.717) is 0 Å². The highest BCUT2D eigenvalue weighted by Gasteiger charge is 2.10. The van der Waals surface area contributed by atoms with E-state index < -0.39 is 0 Å². The number of nitrogens with one attached hydrogen (secondary N) is 1. The fraction of sp³-hybridized carbons (Fsp3) is 0.467. The summed E-state index contributed by atoms with van der Waals surface area (Å²) in [5, 5.41) is 0. The maximum atomic E-state index is 11.7.